The van der Waals surface area contributed by atoms with Crippen LogP contribution in [0.3, 0.4) is 0 Å². The highest BCUT2D eigenvalue weighted by molar-refractivity contribution is 5.95. The number of benzene rings is 1. The SMILES string of the molecule is CC(C)(C)[C@H](N)C(=O)N1CCN(C(=O)c2c(F)cccc2F)CC1.Cl. The summed E-state index contributed by atoms with van der Waals surface area (Å²) in [5.74, 6) is -2.63. The van der Waals surface area contributed by atoms with Crippen molar-refractivity contribution < 1.29 is 18.4 Å². The molecule has 1 heterocycles. The first-order valence-electron chi connectivity index (χ1n) is 7.90. The van der Waals surface area contributed by atoms with Crippen molar-refractivity contribution in [1.29, 1.82) is 0 Å². The van der Waals surface area contributed by atoms with Gasteiger partial charge in [-0.3, -0.25) is 9.59 Å². The molecule has 1 aliphatic rings. The van der Waals surface area contributed by atoms with Crippen LogP contribution in [-0.2, 0) is 4.79 Å². The van der Waals surface area contributed by atoms with E-state index in [2.05, 4.69) is 0 Å². The maximum Gasteiger partial charge on any atom is 0.259 e. The van der Waals surface area contributed by atoms with Crippen molar-refractivity contribution in [3.63, 3.8) is 0 Å². The molecule has 2 amide bonds. The molecule has 1 saturated heterocycles. The molecule has 0 saturated carbocycles. The van der Waals surface area contributed by atoms with Crippen molar-refractivity contribution in [2.75, 3.05) is 26.2 Å². The number of hydrogen-bond acceptors (Lipinski definition) is 3. The van der Waals surface area contributed by atoms with E-state index in [9.17, 15) is 18.4 Å². The third-order valence-electron chi connectivity index (χ3n) is 4.25. The van der Waals surface area contributed by atoms with Gasteiger partial charge in [-0.05, 0) is 17.5 Å². The number of nitrogens with two attached hydrogens (primary N) is 1. The standard InChI is InChI=1S/C17H23F2N3O2.ClH/c1-17(2,3)14(20)16(24)22-9-7-21(8-10-22)15(23)13-11(18)5-4-6-12(13)19;/h4-6,14H,7-10,20H2,1-3H3;1H/t14-;/m1./s1. The summed E-state index contributed by atoms with van der Waals surface area (Å²) < 4.78 is 27.5. The Balaban J connectivity index is 0.00000312. The van der Waals surface area contributed by atoms with Crippen LogP contribution in [0.1, 0.15) is 31.1 Å². The Morgan fingerprint density at radius 1 is 1.04 bits per heavy atom. The van der Waals surface area contributed by atoms with E-state index in [-0.39, 0.29) is 36.8 Å². The lowest BCUT2D eigenvalue weighted by Crippen LogP contribution is -2.57. The molecule has 0 aromatic heterocycles. The highest BCUT2D eigenvalue weighted by atomic mass is 35.5. The Labute approximate surface area is 152 Å². The average molecular weight is 376 g/mol. The van der Waals surface area contributed by atoms with Crippen molar-refractivity contribution in [2.24, 2.45) is 11.1 Å². The zero-order chi connectivity index (χ0) is 18.1. The van der Waals surface area contributed by atoms with Gasteiger partial charge in [0.15, 0.2) is 0 Å². The summed E-state index contributed by atoms with van der Waals surface area (Å²) in [7, 11) is 0. The molecule has 1 aromatic carbocycles. The first-order valence-corrected chi connectivity index (χ1v) is 7.90. The average Bonchev–Trinajstić information content (AvgIpc) is 2.52. The summed E-state index contributed by atoms with van der Waals surface area (Å²) in [6.45, 7) is 6.68. The molecule has 0 aliphatic carbocycles. The van der Waals surface area contributed by atoms with Crippen LogP contribution in [0, 0.1) is 17.0 Å². The van der Waals surface area contributed by atoms with Crippen LogP contribution in [-0.4, -0.2) is 53.8 Å². The number of hydrogen-bond donors (Lipinski definition) is 1. The number of nitrogens with zero attached hydrogens (tertiary/aromatic N) is 2. The first kappa shape index (κ1) is 21.3. The molecular formula is C17H24ClF2N3O2. The van der Waals surface area contributed by atoms with Gasteiger partial charge in [-0.2, -0.15) is 0 Å². The van der Waals surface area contributed by atoms with Gasteiger partial charge < -0.3 is 15.5 Å². The van der Waals surface area contributed by atoms with Gasteiger partial charge in [0.25, 0.3) is 5.91 Å². The Hall–Kier alpha value is -1.73. The maximum absolute atomic E-state index is 13.7. The van der Waals surface area contributed by atoms with Gasteiger partial charge in [0.05, 0.1) is 6.04 Å². The second-order valence-electron chi connectivity index (χ2n) is 7.06. The minimum absolute atomic E-state index is 0. The number of amides is 2. The van der Waals surface area contributed by atoms with Gasteiger partial charge in [0, 0.05) is 26.2 Å². The lowest BCUT2D eigenvalue weighted by atomic mass is 9.86. The van der Waals surface area contributed by atoms with Crippen LogP contribution in [0.5, 0.6) is 0 Å². The van der Waals surface area contributed by atoms with E-state index in [0.29, 0.717) is 13.1 Å². The number of carbonyl (C=O) groups excluding carboxylic acids is 2. The molecule has 8 heteroatoms. The molecule has 1 atom stereocenters. The maximum atomic E-state index is 13.7. The summed E-state index contributed by atoms with van der Waals surface area (Å²) in [5.41, 5.74) is 5.07. The minimum Gasteiger partial charge on any atom is -0.338 e. The van der Waals surface area contributed by atoms with Crippen LogP contribution >= 0.6 is 12.4 Å². The number of carbonyl (C=O) groups is 2. The molecule has 1 aliphatic heterocycles. The Morgan fingerprint density at radius 3 is 1.92 bits per heavy atom. The van der Waals surface area contributed by atoms with Gasteiger partial charge in [0.2, 0.25) is 5.91 Å². The summed E-state index contributed by atoms with van der Waals surface area (Å²) in [4.78, 5) is 27.7. The smallest absolute Gasteiger partial charge is 0.259 e. The van der Waals surface area contributed by atoms with Gasteiger partial charge >= 0.3 is 0 Å². The van der Waals surface area contributed by atoms with Gasteiger partial charge in [-0.15, -0.1) is 12.4 Å². The predicted molar refractivity (Wildman–Crippen MR) is 93.5 cm³/mol. The van der Waals surface area contributed by atoms with Crippen LogP contribution < -0.4 is 5.73 Å². The van der Waals surface area contributed by atoms with Gasteiger partial charge in [-0.25, -0.2) is 8.78 Å². The molecule has 5 nitrogen and oxygen atoms in total. The van der Waals surface area contributed by atoms with E-state index in [4.69, 9.17) is 5.73 Å². The molecule has 0 radical (unpaired) electrons. The fraction of sp³-hybridized carbons (Fsp3) is 0.529. The lowest BCUT2D eigenvalue weighted by molar-refractivity contribution is -0.136. The molecule has 2 rings (SSSR count). The molecular weight excluding hydrogens is 352 g/mol. The summed E-state index contributed by atoms with van der Waals surface area (Å²) in [6, 6.07) is 2.69. The Morgan fingerprint density at radius 2 is 1.48 bits per heavy atom. The summed E-state index contributed by atoms with van der Waals surface area (Å²) in [6.07, 6.45) is 0. The molecule has 2 N–H and O–H groups in total. The monoisotopic (exact) mass is 375 g/mol. The Bertz CT molecular complexity index is 621. The number of piperazine rings is 1. The molecule has 1 aromatic rings. The quantitative estimate of drug-likeness (QED) is 0.860. The van der Waals surface area contributed by atoms with E-state index in [1.807, 2.05) is 20.8 Å². The molecule has 0 bridgehead atoms. The Kier molecular flexibility index (Phi) is 6.90. The largest absolute Gasteiger partial charge is 0.338 e. The van der Waals surface area contributed by atoms with Crippen molar-refractivity contribution in [3.05, 3.63) is 35.4 Å². The lowest BCUT2D eigenvalue weighted by Gasteiger charge is -2.38. The molecule has 0 unspecified atom stereocenters. The van der Waals surface area contributed by atoms with E-state index in [0.717, 1.165) is 12.1 Å². The van der Waals surface area contributed by atoms with E-state index >= 15 is 0 Å². The van der Waals surface area contributed by atoms with Crippen molar-refractivity contribution >= 4 is 24.2 Å². The van der Waals surface area contributed by atoms with Crippen molar-refractivity contribution in [3.8, 4) is 0 Å². The first-order chi connectivity index (χ1) is 11.1. The zero-order valence-electron chi connectivity index (χ0n) is 14.6. The number of rotatable bonds is 2. The molecule has 25 heavy (non-hydrogen) atoms. The van der Waals surface area contributed by atoms with Crippen LogP contribution in [0.4, 0.5) is 8.78 Å². The molecule has 140 valence electrons. The van der Waals surface area contributed by atoms with Crippen LogP contribution in [0.25, 0.3) is 0 Å². The minimum atomic E-state index is -0.881. The van der Waals surface area contributed by atoms with Gasteiger partial charge in [0.1, 0.15) is 17.2 Å². The summed E-state index contributed by atoms with van der Waals surface area (Å²) in [5, 5.41) is 0. The van der Waals surface area contributed by atoms with E-state index in [1.54, 1.807) is 4.90 Å². The van der Waals surface area contributed by atoms with Crippen LogP contribution in [0.15, 0.2) is 18.2 Å². The normalized spacial score (nSPS) is 16.2. The third kappa shape index (κ3) is 4.67. The second kappa shape index (κ2) is 8.10. The fourth-order valence-corrected chi connectivity index (χ4v) is 2.56. The number of halogens is 3. The highest BCUT2D eigenvalue weighted by Crippen LogP contribution is 2.21. The van der Waals surface area contributed by atoms with E-state index in [1.165, 1.54) is 11.0 Å². The predicted octanol–water partition coefficient (Wildman–Crippen LogP) is 2.04. The van der Waals surface area contributed by atoms with Crippen molar-refractivity contribution in [2.45, 2.75) is 26.8 Å². The fourth-order valence-electron chi connectivity index (χ4n) is 2.56. The molecule has 1 fully saturated rings. The topological polar surface area (TPSA) is 66.6 Å². The second-order valence-corrected chi connectivity index (χ2v) is 7.06. The van der Waals surface area contributed by atoms with Gasteiger partial charge in [-0.1, -0.05) is 26.8 Å². The highest BCUT2D eigenvalue weighted by Gasteiger charge is 2.34. The third-order valence-corrected chi connectivity index (χ3v) is 4.25. The summed E-state index contributed by atoms with van der Waals surface area (Å²) >= 11 is 0. The van der Waals surface area contributed by atoms with E-state index < -0.39 is 29.1 Å². The van der Waals surface area contributed by atoms with Crippen LogP contribution in [0.2, 0.25) is 0 Å². The van der Waals surface area contributed by atoms with Crippen molar-refractivity contribution in [1.82, 2.24) is 9.80 Å². The molecule has 0 spiro atoms. The zero-order valence-corrected chi connectivity index (χ0v) is 15.4.